The second kappa shape index (κ2) is 8.71. The first kappa shape index (κ1) is 21.2. The molecule has 0 aromatic heterocycles. The highest BCUT2D eigenvalue weighted by Crippen LogP contribution is 2.26. The molecule has 27 heavy (non-hydrogen) atoms. The predicted octanol–water partition coefficient (Wildman–Crippen LogP) is 1.12. The molecule has 0 N–H and O–H groups in total. The lowest BCUT2D eigenvalue weighted by Gasteiger charge is -2.31. The van der Waals surface area contributed by atoms with Crippen LogP contribution < -0.4 is 4.74 Å². The zero-order valence-corrected chi connectivity index (χ0v) is 16.9. The number of nitrogens with zero attached hydrogens (tertiary/aromatic N) is 2. The van der Waals surface area contributed by atoms with Crippen molar-refractivity contribution < 1.29 is 27.5 Å². The maximum atomic E-state index is 12.8. The fraction of sp³-hybridized carbons (Fsp3) is 0.556. The smallest absolute Gasteiger partial charge is 0.311 e. The summed E-state index contributed by atoms with van der Waals surface area (Å²) in [6.45, 7) is 1.88. The number of esters is 1. The minimum atomic E-state index is -3.72. The Balaban J connectivity index is 2.07. The number of ether oxygens (including phenoxy) is 2. The van der Waals surface area contributed by atoms with Crippen LogP contribution in [-0.4, -0.2) is 69.9 Å². The quantitative estimate of drug-likeness (QED) is 0.667. The molecule has 8 nitrogen and oxygen atoms in total. The van der Waals surface area contributed by atoms with Gasteiger partial charge in [0, 0.05) is 27.2 Å². The molecule has 1 saturated heterocycles. The summed E-state index contributed by atoms with van der Waals surface area (Å²) in [5.41, 5.74) is 0. The Morgan fingerprint density at radius 2 is 1.85 bits per heavy atom. The van der Waals surface area contributed by atoms with Gasteiger partial charge in [-0.1, -0.05) is 0 Å². The summed E-state index contributed by atoms with van der Waals surface area (Å²) in [5, 5.41) is 0. The zero-order valence-electron chi connectivity index (χ0n) is 16.0. The minimum absolute atomic E-state index is 0.0378. The normalized spacial score (nSPS) is 19.2. The molecule has 150 valence electrons. The van der Waals surface area contributed by atoms with Gasteiger partial charge in [0.25, 0.3) is 5.91 Å². The predicted molar refractivity (Wildman–Crippen MR) is 98.7 cm³/mol. The van der Waals surface area contributed by atoms with Crippen molar-refractivity contribution >= 4 is 21.9 Å². The molecule has 0 spiro atoms. The molecule has 1 amide bonds. The van der Waals surface area contributed by atoms with Crippen LogP contribution in [0, 0.1) is 5.92 Å². The van der Waals surface area contributed by atoms with Crippen LogP contribution in [0.25, 0.3) is 0 Å². The Labute approximate surface area is 160 Å². The van der Waals surface area contributed by atoms with E-state index in [0.717, 1.165) is 0 Å². The molecule has 1 fully saturated rings. The summed E-state index contributed by atoms with van der Waals surface area (Å²) < 4.78 is 37.3. The number of sulfonamides is 1. The Kier molecular flexibility index (Phi) is 6.83. The van der Waals surface area contributed by atoms with Gasteiger partial charge >= 0.3 is 5.97 Å². The highest BCUT2D eigenvalue weighted by atomic mass is 32.2. The Morgan fingerprint density at radius 1 is 1.22 bits per heavy atom. The van der Waals surface area contributed by atoms with Gasteiger partial charge in [-0.3, -0.25) is 9.59 Å². The van der Waals surface area contributed by atoms with E-state index in [1.165, 1.54) is 35.4 Å². The standard InChI is InChI=1S/C18H26N2O6S/c1-13(17(21)19(2)3)26-18(22)14-6-5-11-20(12-14)27(23,24)16-9-7-15(25-4)8-10-16/h7-10,13-14H,5-6,11-12H2,1-4H3. The number of carbonyl (C=O) groups is 2. The molecule has 2 unspecified atom stereocenters. The fourth-order valence-electron chi connectivity index (χ4n) is 2.93. The number of likely N-dealkylation sites (N-methyl/N-ethyl adjacent to an activating group) is 1. The fourth-order valence-corrected chi connectivity index (χ4v) is 4.46. The number of piperidine rings is 1. The summed E-state index contributed by atoms with van der Waals surface area (Å²) in [6.07, 6.45) is 0.169. The molecule has 2 atom stereocenters. The summed E-state index contributed by atoms with van der Waals surface area (Å²) in [5.74, 6) is -0.896. The molecule has 1 aliphatic rings. The van der Waals surface area contributed by atoms with Gasteiger partial charge < -0.3 is 14.4 Å². The number of benzene rings is 1. The van der Waals surface area contributed by atoms with E-state index < -0.39 is 28.0 Å². The topological polar surface area (TPSA) is 93.2 Å². The Bertz CT molecular complexity index is 776. The first-order valence-electron chi connectivity index (χ1n) is 8.72. The summed E-state index contributed by atoms with van der Waals surface area (Å²) in [4.78, 5) is 25.7. The van der Waals surface area contributed by atoms with Crippen LogP contribution in [0.1, 0.15) is 19.8 Å². The number of carbonyl (C=O) groups excluding carboxylic acids is 2. The van der Waals surface area contributed by atoms with Crippen LogP contribution in [0.2, 0.25) is 0 Å². The molecule has 0 saturated carbocycles. The molecule has 0 aliphatic carbocycles. The number of hydrogen-bond acceptors (Lipinski definition) is 6. The van der Waals surface area contributed by atoms with Gasteiger partial charge in [0.1, 0.15) is 5.75 Å². The number of amides is 1. The minimum Gasteiger partial charge on any atom is -0.497 e. The third-order valence-corrected chi connectivity index (χ3v) is 6.38. The van der Waals surface area contributed by atoms with E-state index in [9.17, 15) is 18.0 Å². The molecule has 0 bridgehead atoms. The molecule has 1 heterocycles. The van der Waals surface area contributed by atoms with Crippen LogP contribution >= 0.6 is 0 Å². The van der Waals surface area contributed by atoms with Crippen LogP contribution in [-0.2, 0) is 24.3 Å². The van der Waals surface area contributed by atoms with Gasteiger partial charge in [0.15, 0.2) is 6.10 Å². The summed E-state index contributed by atoms with van der Waals surface area (Å²) >= 11 is 0. The van der Waals surface area contributed by atoms with Crippen molar-refractivity contribution in [1.82, 2.24) is 9.21 Å². The SMILES string of the molecule is COc1ccc(S(=O)(=O)N2CCCC(C(=O)OC(C)C(=O)N(C)C)C2)cc1. The van der Waals surface area contributed by atoms with E-state index >= 15 is 0 Å². The maximum absolute atomic E-state index is 12.8. The number of methoxy groups -OCH3 is 1. The van der Waals surface area contributed by atoms with E-state index in [1.807, 2.05) is 0 Å². The van der Waals surface area contributed by atoms with Gasteiger partial charge in [-0.15, -0.1) is 0 Å². The molecule has 1 aromatic carbocycles. The monoisotopic (exact) mass is 398 g/mol. The molecule has 1 aromatic rings. The highest BCUT2D eigenvalue weighted by Gasteiger charge is 2.35. The Morgan fingerprint density at radius 3 is 2.41 bits per heavy atom. The van der Waals surface area contributed by atoms with E-state index in [4.69, 9.17) is 9.47 Å². The van der Waals surface area contributed by atoms with Crippen molar-refractivity contribution in [3.63, 3.8) is 0 Å². The lowest BCUT2D eigenvalue weighted by Crippen LogP contribution is -2.44. The van der Waals surface area contributed by atoms with Gasteiger partial charge in [-0.25, -0.2) is 8.42 Å². The zero-order chi connectivity index (χ0) is 20.2. The van der Waals surface area contributed by atoms with Crippen molar-refractivity contribution in [3.8, 4) is 5.75 Å². The van der Waals surface area contributed by atoms with Crippen LogP contribution in [0.5, 0.6) is 5.75 Å². The van der Waals surface area contributed by atoms with E-state index in [-0.39, 0.29) is 17.3 Å². The average molecular weight is 398 g/mol. The summed E-state index contributed by atoms with van der Waals surface area (Å²) in [7, 11) is 0.949. The third-order valence-electron chi connectivity index (χ3n) is 4.50. The van der Waals surface area contributed by atoms with Gasteiger partial charge in [-0.05, 0) is 44.0 Å². The molecule has 9 heteroatoms. The lowest BCUT2D eigenvalue weighted by atomic mass is 10.00. The first-order valence-corrected chi connectivity index (χ1v) is 10.2. The van der Waals surface area contributed by atoms with Crippen molar-refractivity contribution in [3.05, 3.63) is 24.3 Å². The van der Waals surface area contributed by atoms with Gasteiger partial charge in [0.2, 0.25) is 10.0 Å². The van der Waals surface area contributed by atoms with Crippen molar-refractivity contribution in [2.24, 2.45) is 5.92 Å². The van der Waals surface area contributed by atoms with Gasteiger partial charge in [-0.2, -0.15) is 4.31 Å². The van der Waals surface area contributed by atoms with Crippen molar-refractivity contribution in [2.75, 3.05) is 34.3 Å². The summed E-state index contributed by atoms with van der Waals surface area (Å²) in [6, 6.07) is 6.12. The Hall–Kier alpha value is -2.13. The number of hydrogen-bond donors (Lipinski definition) is 0. The molecule has 2 rings (SSSR count). The van der Waals surface area contributed by atoms with E-state index in [2.05, 4.69) is 0 Å². The van der Waals surface area contributed by atoms with Crippen LogP contribution in [0.4, 0.5) is 0 Å². The first-order chi connectivity index (χ1) is 12.7. The van der Waals surface area contributed by atoms with Gasteiger partial charge in [0.05, 0.1) is 17.9 Å². The van der Waals surface area contributed by atoms with E-state index in [0.29, 0.717) is 25.1 Å². The molecule has 0 radical (unpaired) electrons. The second-order valence-corrected chi connectivity index (χ2v) is 8.63. The molecule has 1 aliphatic heterocycles. The van der Waals surface area contributed by atoms with Crippen LogP contribution in [0.3, 0.4) is 0 Å². The molecular weight excluding hydrogens is 372 g/mol. The molecular formula is C18H26N2O6S. The lowest BCUT2D eigenvalue weighted by molar-refractivity contribution is -0.162. The third kappa shape index (κ3) is 4.98. The van der Waals surface area contributed by atoms with Crippen molar-refractivity contribution in [1.29, 1.82) is 0 Å². The maximum Gasteiger partial charge on any atom is 0.311 e. The van der Waals surface area contributed by atoms with Crippen molar-refractivity contribution in [2.45, 2.75) is 30.8 Å². The highest BCUT2D eigenvalue weighted by molar-refractivity contribution is 7.89. The average Bonchev–Trinajstić information content (AvgIpc) is 2.67. The number of rotatable bonds is 6. The largest absolute Gasteiger partial charge is 0.497 e. The second-order valence-electron chi connectivity index (χ2n) is 6.69. The van der Waals surface area contributed by atoms with E-state index in [1.54, 1.807) is 26.2 Å². The van der Waals surface area contributed by atoms with Crippen LogP contribution in [0.15, 0.2) is 29.2 Å².